The maximum atomic E-state index is 12.2. The van der Waals surface area contributed by atoms with Crippen LogP contribution in [0.1, 0.15) is 11.4 Å². The number of nitrogens with zero attached hydrogens (tertiary/aromatic N) is 3. The Labute approximate surface area is 157 Å². The van der Waals surface area contributed by atoms with E-state index in [1.807, 2.05) is 43.5 Å². The van der Waals surface area contributed by atoms with Crippen molar-refractivity contribution in [2.24, 2.45) is 0 Å². The average Bonchev–Trinajstić information content (AvgIpc) is 2.67. The number of benzene rings is 1. The van der Waals surface area contributed by atoms with E-state index in [0.717, 1.165) is 35.1 Å². The molecule has 2 amide bonds. The van der Waals surface area contributed by atoms with Gasteiger partial charge in [0.05, 0.1) is 25.5 Å². The first kappa shape index (κ1) is 18.5. The third-order valence-electron chi connectivity index (χ3n) is 3.95. The number of hydrogen-bond donors (Lipinski definition) is 2. The van der Waals surface area contributed by atoms with E-state index in [-0.39, 0.29) is 6.03 Å². The van der Waals surface area contributed by atoms with E-state index in [9.17, 15) is 4.79 Å². The molecule has 2 N–H and O–H groups in total. The van der Waals surface area contributed by atoms with Crippen LogP contribution in [0.15, 0.2) is 35.2 Å². The molecule has 2 heterocycles. The van der Waals surface area contributed by atoms with E-state index < -0.39 is 0 Å². The van der Waals surface area contributed by atoms with Crippen molar-refractivity contribution < 1.29 is 9.53 Å². The Balaban J connectivity index is 1.59. The standard InChI is InChI=1S/C18H23N5O2S/c1-13-10-15(21-17(20-13)23-6-8-25-9-7-23)12-19-18(24)22-14-4-3-5-16(11-14)26-2/h3-5,10-11H,6-9,12H2,1-2H3,(H2,19,22,24). The second-order valence-electron chi connectivity index (χ2n) is 5.94. The van der Waals surface area contributed by atoms with Gasteiger partial charge in [-0.25, -0.2) is 14.8 Å². The molecule has 1 aromatic heterocycles. The first-order valence-electron chi connectivity index (χ1n) is 8.50. The summed E-state index contributed by atoms with van der Waals surface area (Å²) >= 11 is 1.63. The van der Waals surface area contributed by atoms with Crippen LogP contribution in [0, 0.1) is 6.92 Å². The summed E-state index contributed by atoms with van der Waals surface area (Å²) in [5.74, 6) is 0.693. The lowest BCUT2D eigenvalue weighted by atomic mass is 10.3. The number of amides is 2. The van der Waals surface area contributed by atoms with Crippen molar-refractivity contribution in [3.05, 3.63) is 41.7 Å². The largest absolute Gasteiger partial charge is 0.378 e. The van der Waals surface area contributed by atoms with Crippen LogP contribution in [0.5, 0.6) is 0 Å². The predicted octanol–water partition coefficient (Wildman–Crippen LogP) is 2.67. The molecule has 7 nitrogen and oxygen atoms in total. The van der Waals surface area contributed by atoms with Gasteiger partial charge < -0.3 is 20.3 Å². The van der Waals surface area contributed by atoms with Crippen molar-refractivity contribution in [2.45, 2.75) is 18.4 Å². The van der Waals surface area contributed by atoms with Crippen LogP contribution in [0.25, 0.3) is 0 Å². The van der Waals surface area contributed by atoms with E-state index in [4.69, 9.17) is 4.74 Å². The van der Waals surface area contributed by atoms with Crippen molar-refractivity contribution >= 4 is 29.4 Å². The number of rotatable bonds is 5. The number of ether oxygens (including phenoxy) is 1. The third-order valence-corrected chi connectivity index (χ3v) is 4.67. The van der Waals surface area contributed by atoms with Crippen LogP contribution in [0.4, 0.5) is 16.4 Å². The second kappa shape index (κ2) is 8.86. The van der Waals surface area contributed by atoms with Crippen molar-refractivity contribution in [1.82, 2.24) is 15.3 Å². The van der Waals surface area contributed by atoms with Gasteiger partial charge in [-0.05, 0) is 37.4 Å². The summed E-state index contributed by atoms with van der Waals surface area (Å²) in [6.45, 7) is 5.20. The Kier molecular flexibility index (Phi) is 6.30. The lowest BCUT2D eigenvalue weighted by Gasteiger charge is -2.27. The molecule has 1 saturated heterocycles. The van der Waals surface area contributed by atoms with Gasteiger partial charge in [-0.3, -0.25) is 0 Å². The summed E-state index contributed by atoms with van der Waals surface area (Å²) in [6.07, 6.45) is 2.00. The van der Waals surface area contributed by atoms with Gasteiger partial charge in [0.1, 0.15) is 0 Å². The SMILES string of the molecule is CSc1cccc(NC(=O)NCc2cc(C)nc(N3CCOCC3)n2)c1. The lowest BCUT2D eigenvalue weighted by Crippen LogP contribution is -2.37. The van der Waals surface area contributed by atoms with Gasteiger partial charge >= 0.3 is 6.03 Å². The van der Waals surface area contributed by atoms with E-state index >= 15 is 0 Å². The monoisotopic (exact) mass is 373 g/mol. The molecule has 0 bridgehead atoms. The number of carbonyl (C=O) groups is 1. The minimum absolute atomic E-state index is 0.257. The zero-order valence-corrected chi connectivity index (χ0v) is 15.8. The molecule has 0 radical (unpaired) electrons. The highest BCUT2D eigenvalue weighted by molar-refractivity contribution is 7.98. The Morgan fingerprint density at radius 2 is 2.08 bits per heavy atom. The Morgan fingerprint density at radius 3 is 2.85 bits per heavy atom. The van der Waals surface area contributed by atoms with Gasteiger partial charge in [0.25, 0.3) is 0 Å². The number of urea groups is 1. The number of morpholine rings is 1. The zero-order valence-electron chi connectivity index (χ0n) is 15.0. The molecule has 3 rings (SSSR count). The summed E-state index contributed by atoms with van der Waals surface area (Å²) < 4.78 is 5.37. The fourth-order valence-corrected chi connectivity index (χ4v) is 3.12. The summed E-state index contributed by atoms with van der Waals surface area (Å²) in [6, 6.07) is 9.36. The average molecular weight is 373 g/mol. The molecule has 8 heteroatoms. The molecule has 0 unspecified atom stereocenters. The van der Waals surface area contributed by atoms with E-state index in [0.29, 0.717) is 25.7 Å². The van der Waals surface area contributed by atoms with Crippen LogP contribution in [-0.4, -0.2) is 48.6 Å². The fraction of sp³-hybridized carbons (Fsp3) is 0.389. The summed E-state index contributed by atoms with van der Waals surface area (Å²) in [7, 11) is 0. The third kappa shape index (κ3) is 5.09. The van der Waals surface area contributed by atoms with Crippen molar-refractivity contribution in [2.75, 3.05) is 42.8 Å². The van der Waals surface area contributed by atoms with Crippen LogP contribution in [-0.2, 0) is 11.3 Å². The van der Waals surface area contributed by atoms with Gasteiger partial charge in [0, 0.05) is 29.4 Å². The Morgan fingerprint density at radius 1 is 1.27 bits per heavy atom. The van der Waals surface area contributed by atoms with E-state index in [1.165, 1.54) is 0 Å². The van der Waals surface area contributed by atoms with Gasteiger partial charge in [0.15, 0.2) is 0 Å². The molecule has 138 valence electrons. The van der Waals surface area contributed by atoms with Gasteiger partial charge in [0.2, 0.25) is 5.95 Å². The lowest BCUT2D eigenvalue weighted by molar-refractivity contribution is 0.122. The Bertz CT molecular complexity index is 765. The van der Waals surface area contributed by atoms with E-state index in [1.54, 1.807) is 11.8 Å². The van der Waals surface area contributed by atoms with Crippen LogP contribution in [0.2, 0.25) is 0 Å². The molecule has 1 fully saturated rings. The number of hydrogen-bond acceptors (Lipinski definition) is 6. The molecule has 0 aliphatic carbocycles. The molecule has 26 heavy (non-hydrogen) atoms. The molecule has 2 aromatic rings. The smallest absolute Gasteiger partial charge is 0.319 e. The minimum atomic E-state index is -0.257. The van der Waals surface area contributed by atoms with Crippen LogP contribution < -0.4 is 15.5 Å². The number of aromatic nitrogens is 2. The second-order valence-corrected chi connectivity index (χ2v) is 6.82. The normalized spacial score (nSPS) is 14.2. The molecular weight excluding hydrogens is 350 g/mol. The molecule has 0 saturated carbocycles. The number of anilines is 2. The summed E-state index contributed by atoms with van der Waals surface area (Å²) in [4.78, 5) is 24.4. The topological polar surface area (TPSA) is 79.4 Å². The zero-order chi connectivity index (χ0) is 18.4. The quantitative estimate of drug-likeness (QED) is 0.785. The van der Waals surface area contributed by atoms with Crippen molar-refractivity contribution in [3.8, 4) is 0 Å². The first-order valence-corrected chi connectivity index (χ1v) is 9.72. The molecular formula is C18H23N5O2S. The maximum absolute atomic E-state index is 12.2. The highest BCUT2D eigenvalue weighted by atomic mass is 32.2. The minimum Gasteiger partial charge on any atom is -0.378 e. The fourth-order valence-electron chi connectivity index (χ4n) is 2.66. The van der Waals surface area contributed by atoms with Gasteiger partial charge in [-0.15, -0.1) is 11.8 Å². The van der Waals surface area contributed by atoms with Crippen molar-refractivity contribution in [3.63, 3.8) is 0 Å². The number of nitrogens with one attached hydrogen (secondary N) is 2. The molecule has 1 aliphatic heterocycles. The number of aryl methyl sites for hydroxylation is 1. The molecule has 0 spiro atoms. The molecule has 0 atom stereocenters. The molecule has 1 aliphatic rings. The highest BCUT2D eigenvalue weighted by Crippen LogP contribution is 2.19. The van der Waals surface area contributed by atoms with Crippen LogP contribution in [0.3, 0.4) is 0 Å². The highest BCUT2D eigenvalue weighted by Gasteiger charge is 2.15. The first-order chi connectivity index (χ1) is 12.6. The maximum Gasteiger partial charge on any atom is 0.319 e. The van der Waals surface area contributed by atoms with Gasteiger partial charge in [-0.1, -0.05) is 6.07 Å². The van der Waals surface area contributed by atoms with Gasteiger partial charge in [-0.2, -0.15) is 0 Å². The van der Waals surface area contributed by atoms with Crippen molar-refractivity contribution in [1.29, 1.82) is 0 Å². The molecule has 1 aromatic carbocycles. The Hall–Kier alpha value is -2.32. The number of carbonyl (C=O) groups excluding carboxylic acids is 1. The van der Waals surface area contributed by atoms with E-state index in [2.05, 4.69) is 25.5 Å². The summed E-state index contributed by atoms with van der Waals surface area (Å²) in [5.41, 5.74) is 2.43. The summed E-state index contributed by atoms with van der Waals surface area (Å²) in [5, 5.41) is 5.70. The number of thioether (sulfide) groups is 1. The van der Waals surface area contributed by atoms with Crippen LogP contribution >= 0.6 is 11.8 Å². The predicted molar refractivity (Wildman–Crippen MR) is 104 cm³/mol.